The SMILES string of the molecule is CC1(CNc2cc(=O)[nH]cn2)CCNCC1. The topological polar surface area (TPSA) is 69.8 Å². The highest BCUT2D eigenvalue weighted by molar-refractivity contribution is 5.31. The number of hydrogen-bond acceptors (Lipinski definition) is 4. The standard InChI is InChI=1S/C11H18N4O/c1-11(2-4-12-5-3-11)7-13-9-6-10(16)15-8-14-9/h6,8,12H,2-5,7H2,1H3,(H2,13,14,15,16). The van der Waals surface area contributed by atoms with Crippen molar-refractivity contribution in [2.24, 2.45) is 5.41 Å². The van der Waals surface area contributed by atoms with Crippen molar-refractivity contribution in [3.05, 3.63) is 22.7 Å². The van der Waals surface area contributed by atoms with Gasteiger partial charge in [-0.05, 0) is 31.3 Å². The molecular formula is C11H18N4O. The summed E-state index contributed by atoms with van der Waals surface area (Å²) in [6, 6.07) is 1.49. The van der Waals surface area contributed by atoms with Gasteiger partial charge in [0, 0.05) is 12.6 Å². The fourth-order valence-corrected chi connectivity index (χ4v) is 1.98. The molecule has 3 N–H and O–H groups in total. The molecular weight excluding hydrogens is 204 g/mol. The van der Waals surface area contributed by atoms with E-state index in [1.165, 1.54) is 12.4 Å². The van der Waals surface area contributed by atoms with Gasteiger partial charge in [0.25, 0.3) is 5.56 Å². The van der Waals surface area contributed by atoms with Crippen molar-refractivity contribution < 1.29 is 0 Å². The Bertz CT molecular complexity index is 395. The van der Waals surface area contributed by atoms with E-state index in [2.05, 4.69) is 27.5 Å². The summed E-state index contributed by atoms with van der Waals surface area (Å²) >= 11 is 0. The van der Waals surface area contributed by atoms with Crippen LogP contribution in [-0.4, -0.2) is 29.6 Å². The van der Waals surface area contributed by atoms with Crippen molar-refractivity contribution in [3.63, 3.8) is 0 Å². The smallest absolute Gasteiger partial charge is 0.252 e. The van der Waals surface area contributed by atoms with Crippen LogP contribution in [0.1, 0.15) is 19.8 Å². The molecule has 0 amide bonds. The highest BCUT2D eigenvalue weighted by Crippen LogP contribution is 2.27. The molecule has 1 fully saturated rings. The molecule has 1 aliphatic heterocycles. The maximum Gasteiger partial charge on any atom is 0.252 e. The third kappa shape index (κ3) is 2.82. The second-order valence-corrected chi connectivity index (χ2v) is 4.71. The van der Waals surface area contributed by atoms with E-state index in [9.17, 15) is 4.79 Å². The lowest BCUT2D eigenvalue weighted by atomic mass is 9.81. The lowest BCUT2D eigenvalue weighted by molar-refractivity contribution is 0.247. The molecule has 1 aromatic heterocycles. The number of nitrogens with zero attached hydrogens (tertiary/aromatic N) is 1. The Kier molecular flexibility index (Phi) is 3.24. The summed E-state index contributed by atoms with van der Waals surface area (Å²) in [6.07, 6.45) is 3.74. The third-order valence-corrected chi connectivity index (χ3v) is 3.19. The Labute approximate surface area is 94.7 Å². The van der Waals surface area contributed by atoms with Gasteiger partial charge in [-0.1, -0.05) is 6.92 Å². The number of aromatic amines is 1. The minimum absolute atomic E-state index is 0.118. The number of nitrogens with one attached hydrogen (secondary N) is 3. The first kappa shape index (κ1) is 11.1. The molecule has 0 atom stereocenters. The van der Waals surface area contributed by atoms with Gasteiger partial charge in [-0.25, -0.2) is 4.98 Å². The molecule has 0 aliphatic carbocycles. The van der Waals surface area contributed by atoms with Gasteiger partial charge in [0.1, 0.15) is 5.82 Å². The Morgan fingerprint density at radius 2 is 2.25 bits per heavy atom. The molecule has 88 valence electrons. The van der Waals surface area contributed by atoms with Crippen LogP contribution in [0, 0.1) is 5.41 Å². The summed E-state index contributed by atoms with van der Waals surface area (Å²) in [7, 11) is 0. The van der Waals surface area contributed by atoms with E-state index < -0.39 is 0 Å². The van der Waals surface area contributed by atoms with E-state index in [0.29, 0.717) is 11.2 Å². The van der Waals surface area contributed by atoms with Crippen LogP contribution in [0.5, 0.6) is 0 Å². The monoisotopic (exact) mass is 222 g/mol. The summed E-state index contributed by atoms with van der Waals surface area (Å²) < 4.78 is 0. The predicted molar refractivity (Wildman–Crippen MR) is 63.6 cm³/mol. The molecule has 2 heterocycles. The first-order valence-electron chi connectivity index (χ1n) is 5.67. The number of rotatable bonds is 3. The quantitative estimate of drug-likeness (QED) is 0.699. The van der Waals surface area contributed by atoms with Crippen molar-refractivity contribution in [2.45, 2.75) is 19.8 Å². The average Bonchev–Trinajstić information content (AvgIpc) is 2.28. The van der Waals surface area contributed by atoms with Crippen LogP contribution in [0.4, 0.5) is 5.82 Å². The van der Waals surface area contributed by atoms with E-state index in [4.69, 9.17) is 0 Å². The van der Waals surface area contributed by atoms with Gasteiger partial charge in [-0.3, -0.25) is 4.79 Å². The molecule has 0 spiro atoms. The highest BCUT2D eigenvalue weighted by atomic mass is 16.1. The van der Waals surface area contributed by atoms with Crippen molar-refractivity contribution >= 4 is 5.82 Å². The van der Waals surface area contributed by atoms with Crippen molar-refractivity contribution in [1.82, 2.24) is 15.3 Å². The third-order valence-electron chi connectivity index (χ3n) is 3.19. The molecule has 1 saturated heterocycles. The average molecular weight is 222 g/mol. The zero-order valence-electron chi connectivity index (χ0n) is 9.55. The molecule has 1 aliphatic rings. The first-order chi connectivity index (χ1) is 7.68. The van der Waals surface area contributed by atoms with Gasteiger partial charge in [0.2, 0.25) is 0 Å². The minimum atomic E-state index is -0.118. The Hall–Kier alpha value is -1.36. The maximum atomic E-state index is 11.1. The van der Waals surface area contributed by atoms with Gasteiger partial charge < -0.3 is 15.6 Å². The Morgan fingerprint density at radius 1 is 1.50 bits per heavy atom. The second-order valence-electron chi connectivity index (χ2n) is 4.71. The maximum absolute atomic E-state index is 11.1. The summed E-state index contributed by atoms with van der Waals surface area (Å²) in [4.78, 5) is 17.7. The highest BCUT2D eigenvalue weighted by Gasteiger charge is 2.26. The van der Waals surface area contributed by atoms with Gasteiger partial charge in [-0.15, -0.1) is 0 Å². The van der Waals surface area contributed by atoms with Crippen molar-refractivity contribution in [1.29, 1.82) is 0 Å². The largest absolute Gasteiger partial charge is 0.369 e. The summed E-state index contributed by atoms with van der Waals surface area (Å²) in [5, 5.41) is 6.59. The molecule has 0 bridgehead atoms. The van der Waals surface area contributed by atoms with Crippen LogP contribution in [-0.2, 0) is 0 Å². The van der Waals surface area contributed by atoms with Crippen LogP contribution in [0.3, 0.4) is 0 Å². The van der Waals surface area contributed by atoms with Gasteiger partial charge in [0.15, 0.2) is 0 Å². The Morgan fingerprint density at radius 3 is 2.94 bits per heavy atom. The molecule has 5 heteroatoms. The first-order valence-corrected chi connectivity index (χ1v) is 5.67. The lowest BCUT2D eigenvalue weighted by Crippen LogP contribution is -2.39. The molecule has 16 heavy (non-hydrogen) atoms. The van der Waals surface area contributed by atoms with Crippen molar-refractivity contribution in [3.8, 4) is 0 Å². The van der Waals surface area contributed by atoms with Crippen LogP contribution >= 0.6 is 0 Å². The van der Waals surface area contributed by atoms with Crippen LogP contribution in [0.15, 0.2) is 17.2 Å². The molecule has 0 saturated carbocycles. The Balaban J connectivity index is 1.93. The second kappa shape index (κ2) is 4.65. The summed E-state index contributed by atoms with van der Waals surface area (Å²) in [5.74, 6) is 0.656. The lowest BCUT2D eigenvalue weighted by Gasteiger charge is -2.34. The normalized spacial score (nSPS) is 19.3. The van der Waals surface area contributed by atoms with Crippen LogP contribution < -0.4 is 16.2 Å². The fraction of sp³-hybridized carbons (Fsp3) is 0.636. The van der Waals surface area contributed by atoms with E-state index in [1.807, 2.05) is 0 Å². The molecule has 2 rings (SSSR count). The van der Waals surface area contributed by atoms with E-state index >= 15 is 0 Å². The predicted octanol–water partition coefficient (Wildman–Crippen LogP) is 0.571. The number of H-pyrrole nitrogens is 1. The number of piperidine rings is 1. The molecule has 5 nitrogen and oxygen atoms in total. The number of hydrogen-bond donors (Lipinski definition) is 3. The minimum Gasteiger partial charge on any atom is -0.369 e. The van der Waals surface area contributed by atoms with Gasteiger partial charge >= 0.3 is 0 Å². The van der Waals surface area contributed by atoms with Crippen molar-refractivity contribution in [2.75, 3.05) is 25.0 Å². The van der Waals surface area contributed by atoms with E-state index in [-0.39, 0.29) is 5.56 Å². The molecule has 0 unspecified atom stereocenters. The van der Waals surface area contributed by atoms with E-state index in [0.717, 1.165) is 32.5 Å². The zero-order chi connectivity index (χ0) is 11.4. The number of anilines is 1. The fourth-order valence-electron chi connectivity index (χ4n) is 1.98. The molecule has 0 radical (unpaired) electrons. The van der Waals surface area contributed by atoms with Crippen LogP contribution in [0.2, 0.25) is 0 Å². The number of aromatic nitrogens is 2. The molecule has 0 aromatic carbocycles. The van der Waals surface area contributed by atoms with Crippen LogP contribution in [0.25, 0.3) is 0 Å². The summed E-state index contributed by atoms with van der Waals surface area (Å²) in [6.45, 7) is 5.28. The summed E-state index contributed by atoms with van der Waals surface area (Å²) in [5.41, 5.74) is 0.183. The van der Waals surface area contributed by atoms with E-state index in [1.54, 1.807) is 0 Å². The van der Waals surface area contributed by atoms with Gasteiger partial charge in [-0.2, -0.15) is 0 Å². The zero-order valence-corrected chi connectivity index (χ0v) is 9.55. The molecule has 1 aromatic rings. The van der Waals surface area contributed by atoms with Gasteiger partial charge in [0.05, 0.1) is 6.33 Å².